The number of carbonyl (C=O) groups is 2. The van der Waals surface area contributed by atoms with Crippen LogP contribution in [0.4, 0.5) is 0 Å². The van der Waals surface area contributed by atoms with Crippen LogP contribution in [0.15, 0.2) is 36.4 Å². The molecular formula is C11H9NO2. The van der Waals surface area contributed by atoms with E-state index in [1.807, 2.05) is 37.1 Å². The highest BCUT2D eigenvalue weighted by Crippen LogP contribution is 2.10. The molecule has 0 aliphatic heterocycles. The fraction of sp³-hybridized carbons (Fsp3) is 0. The van der Waals surface area contributed by atoms with Crippen molar-refractivity contribution in [2.24, 2.45) is 0 Å². The van der Waals surface area contributed by atoms with Gasteiger partial charge in [0.15, 0.2) is 6.29 Å². The van der Waals surface area contributed by atoms with Crippen molar-refractivity contribution < 1.29 is 9.59 Å². The minimum absolute atomic E-state index is 0.480. The Hall–Kier alpha value is -2.03. The van der Waals surface area contributed by atoms with Gasteiger partial charge in [-0.2, -0.15) is 0 Å². The van der Waals surface area contributed by atoms with Crippen LogP contribution in [0, 0.1) is 0 Å². The third kappa shape index (κ3) is 2.01. The largest absolute Gasteiger partial charge is 0.307 e. The van der Waals surface area contributed by atoms with Gasteiger partial charge in [0.2, 0.25) is 0 Å². The molecule has 0 radical (unpaired) electrons. The lowest BCUT2D eigenvalue weighted by Gasteiger charge is -1.95. The van der Waals surface area contributed by atoms with Gasteiger partial charge in [0.25, 0.3) is 0 Å². The number of aromatic nitrogens is 1. The fourth-order valence-electron chi connectivity index (χ4n) is 1.15. The van der Waals surface area contributed by atoms with Crippen LogP contribution in [0.5, 0.6) is 0 Å². The summed E-state index contributed by atoms with van der Waals surface area (Å²) >= 11 is 0. The van der Waals surface area contributed by atoms with Crippen LogP contribution in [0.25, 0.3) is 10.9 Å². The molecule has 0 fully saturated rings. The molecule has 14 heavy (non-hydrogen) atoms. The molecule has 0 aliphatic carbocycles. The summed E-state index contributed by atoms with van der Waals surface area (Å²) in [5, 5.41) is 1.06. The molecular weight excluding hydrogens is 178 g/mol. The molecule has 1 aromatic heterocycles. The number of benzene rings is 1. The Labute approximate surface area is 81.4 Å². The predicted molar refractivity (Wildman–Crippen MR) is 54.3 cm³/mol. The van der Waals surface area contributed by atoms with Crippen LogP contribution in [0.2, 0.25) is 0 Å². The SMILES string of the molecule is C=O.O=Cc1ccc2ccccc2n1. The highest BCUT2D eigenvalue weighted by molar-refractivity contribution is 5.83. The van der Waals surface area contributed by atoms with Crippen LogP contribution >= 0.6 is 0 Å². The van der Waals surface area contributed by atoms with Crippen LogP contribution in [-0.4, -0.2) is 18.1 Å². The zero-order chi connectivity index (χ0) is 10.4. The van der Waals surface area contributed by atoms with Gasteiger partial charge in [-0.15, -0.1) is 0 Å². The first-order chi connectivity index (χ1) is 6.90. The molecule has 0 aliphatic rings. The molecule has 0 saturated heterocycles. The number of hydrogen-bond donors (Lipinski definition) is 0. The minimum atomic E-state index is 0.480. The van der Waals surface area contributed by atoms with Crippen LogP contribution in [0.1, 0.15) is 10.5 Å². The van der Waals surface area contributed by atoms with E-state index in [1.165, 1.54) is 0 Å². The smallest absolute Gasteiger partial charge is 0.168 e. The number of nitrogens with zero attached hydrogens (tertiary/aromatic N) is 1. The summed E-state index contributed by atoms with van der Waals surface area (Å²) in [7, 11) is 0. The van der Waals surface area contributed by atoms with Gasteiger partial charge in [-0.3, -0.25) is 4.79 Å². The van der Waals surface area contributed by atoms with Crippen molar-refractivity contribution in [3.05, 3.63) is 42.1 Å². The Morgan fingerprint density at radius 3 is 2.50 bits per heavy atom. The second kappa shape index (κ2) is 4.87. The highest BCUT2D eigenvalue weighted by Gasteiger charge is 1.94. The number of carbonyl (C=O) groups excluding carboxylic acids is 2. The third-order valence-corrected chi connectivity index (χ3v) is 1.74. The summed E-state index contributed by atoms with van der Waals surface area (Å²) in [5.74, 6) is 0. The number of hydrogen-bond acceptors (Lipinski definition) is 3. The average Bonchev–Trinajstić information content (AvgIpc) is 2.31. The molecule has 2 aromatic rings. The average molecular weight is 187 g/mol. The monoisotopic (exact) mass is 187 g/mol. The molecule has 0 saturated carbocycles. The van der Waals surface area contributed by atoms with E-state index in [4.69, 9.17) is 4.79 Å². The molecule has 0 amide bonds. The first-order valence-corrected chi connectivity index (χ1v) is 4.00. The molecule has 2 rings (SSSR count). The third-order valence-electron chi connectivity index (χ3n) is 1.74. The fourth-order valence-corrected chi connectivity index (χ4v) is 1.15. The first-order valence-electron chi connectivity index (χ1n) is 4.00. The van der Waals surface area contributed by atoms with Crippen molar-refractivity contribution in [1.29, 1.82) is 0 Å². The maximum absolute atomic E-state index is 10.4. The number of fused-ring (bicyclic) bond motifs is 1. The first kappa shape index (κ1) is 10.1. The lowest BCUT2D eigenvalue weighted by Crippen LogP contribution is -1.85. The van der Waals surface area contributed by atoms with Crippen molar-refractivity contribution in [2.75, 3.05) is 0 Å². The molecule has 70 valence electrons. The second-order valence-corrected chi connectivity index (χ2v) is 2.55. The maximum atomic E-state index is 10.4. The summed E-state index contributed by atoms with van der Waals surface area (Å²) < 4.78 is 0. The molecule has 0 unspecified atom stereocenters. The van der Waals surface area contributed by atoms with E-state index >= 15 is 0 Å². The van der Waals surface area contributed by atoms with Gasteiger partial charge < -0.3 is 4.79 Å². The van der Waals surface area contributed by atoms with E-state index in [0.29, 0.717) is 5.69 Å². The van der Waals surface area contributed by atoms with Gasteiger partial charge in [-0.05, 0) is 12.1 Å². The van der Waals surface area contributed by atoms with Crippen molar-refractivity contribution >= 4 is 24.0 Å². The van der Waals surface area contributed by atoms with Gasteiger partial charge in [0.1, 0.15) is 12.5 Å². The van der Waals surface area contributed by atoms with E-state index < -0.39 is 0 Å². The molecule has 0 spiro atoms. The van der Waals surface area contributed by atoms with Crippen LogP contribution in [0.3, 0.4) is 0 Å². The number of para-hydroxylation sites is 1. The topological polar surface area (TPSA) is 47.0 Å². The van der Waals surface area contributed by atoms with Gasteiger partial charge in [-0.25, -0.2) is 4.98 Å². The summed E-state index contributed by atoms with van der Waals surface area (Å²) in [6.07, 6.45) is 0.756. The number of rotatable bonds is 1. The molecule has 3 nitrogen and oxygen atoms in total. The Morgan fingerprint density at radius 1 is 1.07 bits per heavy atom. The summed E-state index contributed by atoms with van der Waals surface area (Å²) in [6, 6.07) is 11.3. The summed E-state index contributed by atoms with van der Waals surface area (Å²) in [6.45, 7) is 2.00. The summed E-state index contributed by atoms with van der Waals surface area (Å²) in [4.78, 5) is 22.5. The summed E-state index contributed by atoms with van der Waals surface area (Å²) in [5.41, 5.74) is 1.34. The molecule has 0 N–H and O–H groups in total. The lowest BCUT2D eigenvalue weighted by molar-refractivity contribution is -0.0979. The van der Waals surface area contributed by atoms with Crippen molar-refractivity contribution in [3.8, 4) is 0 Å². The van der Waals surface area contributed by atoms with Crippen molar-refractivity contribution in [3.63, 3.8) is 0 Å². The molecule has 0 atom stereocenters. The maximum Gasteiger partial charge on any atom is 0.168 e. The van der Waals surface area contributed by atoms with Crippen LogP contribution in [-0.2, 0) is 4.79 Å². The van der Waals surface area contributed by atoms with Gasteiger partial charge in [0.05, 0.1) is 5.52 Å². The minimum Gasteiger partial charge on any atom is -0.307 e. The zero-order valence-electron chi connectivity index (χ0n) is 7.51. The van der Waals surface area contributed by atoms with Crippen molar-refractivity contribution in [1.82, 2.24) is 4.98 Å². The Morgan fingerprint density at radius 2 is 1.79 bits per heavy atom. The van der Waals surface area contributed by atoms with E-state index in [2.05, 4.69) is 4.98 Å². The molecule has 1 aromatic carbocycles. The Balaban J connectivity index is 0.000000461. The van der Waals surface area contributed by atoms with E-state index in [1.54, 1.807) is 6.07 Å². The number of pyridine rings is 1. The lowest BCUT2D eigenvalue weighted by atomic mass is 10.2. The van der Waals surface area contributed by atoms with Gasteiger partial charge in [-0.1, -0.05) is 24.3 Å². The van der Waals surface area contributed by atoms with E-state index in [0.717, 1.165) is 17.2 Å². The normalized spacial score (nSPS) is 8.86. The van der Waals surface area contributed by atoms with Crippen molar-refractivity contribution in [2.45, 2.75) is 0 Å². The molecule has 1 heterocycles. The van der Waals surface area contributed by atoms with E-state index in [9.17, 15) is 4.79 Å². The predicted octanol–water partition coefficient (Wildman–Crippen LogP) is 1.86. The molecule has 3 heteroatoms. The van der Waals surface area contributed by atoms with Crippen LogP contribution < -0.4 is 0 Å². The quantitative estimate of drug-likeness (QED) is 0.640. The Kier molecular flexibility index (Phi) is 3.49. The molecule has 0 bridgehead atoms. The van der Waals surface area contributed by atoms with E-state index in [-0.39, 0.29) is 0 Å². The second-order valence-electron chi connectivity index (χ2n) is 2.55. The van der Waals surface area contributed by atoms with Gasteiger partial charge >= 0.3 is 0 Å². The Bertz CT molecular complexity index is 440. The van der Waals surface area contributed by atoms with Gasteiger partial charge in [0, 0.05) is 5.39 Å². The highest BCUT2D eigenvalue weighted by atomic mass is 16.1. The standard InChI is InChI=1S/C10H7NO.CH2O/c12-7-9-6-5-8-3-1-2-4-10(8)11-9;1-2/h1-7H;1H2. The zero-order valence-corrected chi connectivity index (χ0v) is 7.51. The number of aldehydes is 1.